The summed E-state index contributed by atoms with van der Waals surface area (Å²) in [4.78, 5) is 16.2. The van der Waals surface area contributed by atoms with Crippen LogP contribution in [0.1, 0.15) is 57.8 Å². The second kappa shape index (κ2) is 6.50. The molecule has 0 aliphatic heterocycles. The molecule has 5 nitrogen and oxygen atoms in total. The monoisotopic (exact) mass is 262 g/mol. The Kier molecular flexibility index (Phi) is 4.71. The number of nitrogens with zero attached hydrogens (tertiary/aromatic N) is 3. The minimum Gasteiger partial charge on any atom is -0.346 e. The summed E-state index contributed by atoms with van der Waals surface area (Å²) in [5.41, 5.74) is 1.26. The van der Waals surface area contributed by atoms with Crippen molar-refractivity contribution in [2.24, 2.45) is 0 Å². The standard InChI is InChI=1S/C14H22N4O/c1-3-8-18-14(15-10-16-18)11(2)17-13(19)9-12-6-4-5-7-12/h6,10-11H,3-5,7-9H2,1-2H3,(H,17,19). The summed E-state index contributed by atoms with van der Waals surface area (Å²) >= 11 is 0. The first kappa shape index (κ1) is 13.8. The molecule has 0 saturated heterocycles. The second-order valence-corrected chi connectivity index (χ2v) is 5.06. The number of rotatable bonds is 6. The largest absolute Gasteiger partial charge is 0.346 e. The summed E-state index contributed by atoms with van der Waals surface area (Å²) < 4.78 is 1.86. The normalized spacial score (nSPS) is 16.2. The number of amides is 1. The van der Waals surface area contributed by atoms with Crippen molar-refractivity contribution in [1.82, 2.24) is 20.1 Å². The average molecular weight is 262 g/mol. The molecule has 2 rings (SSSR count). The number of aromatic nitrogens is 3. The van der Waals surface area contributed by atoms with E-state index in [0.717, 1.165) is 31.6 Å². The summed E-state index contributed by atoms with van der Waals surface area (Å²) in [7, 11) is 0. The van der Waals surface area contributed by atoms with Crippen LogP contribution in [-0.4, -0.2) is 20.7 Å². The highest BCUT2D eigenvalue weighted by molar-refractivity contribution is 5.78. The number of carbonyl (C=O) groups is 1. The fraction of sp³-hybridized carbons (Fsp3) is 0.643. The molecule has 104 valence electrons. The highest BCUT2D eigenvalue weighted by Crippen LogP contribution is 2.20. The summed E-state index contributed by atoms with van der Waals surface area (Å²) in [5, 5.41) is 7.19. The van der Waals surface area contributed by atoms with Crippen molar-refractivity contribution in [2.75, 3.05) is 0 Å². The maximum atomic E-state index is 12.0. The molecule has 1 heterocycles. The molecular formula is C14H22N4O. The lowest BCUT2D eigenvalue weighted by Crippen LogP contribution is -2.29. The van der Waals surface area contributed by atoms with Gasteiger partial charge in [0.05, 0.1) is 6.04 Å². The van der Waals surface area contributed by atoms with Gasteiger partial charge in [0.2, 0.25) is 5.91 Å². The molecule has 0 fully saturated rings. The summed E-state index contributed by atoms with van der Waals surface area (Å²) in [5.74, 6) is 0.905. The topological polar surface area (TPSA) is 59.8 Å². The van der Waals surface area contributed by atoms with E-state index in [1.165, 1.54) is 12.0 Å². The minimum atomic E-state index is -0.0939. The Morgan fingerprint density at radius 3 is 3.11 bits per heavy atom. The van der Waals surface area contributed by atoms with E-state index >= 15 is 0 Å². The number of hydrogen-bond donors (Lipinski definition) is 1. The van der Waals surface area contributed by atoms with E-state index < -0.39 is 0 Å². The van der Waals surface area contributed by atoms with Gasteiger partial charge in [0.15, 0.2) is 0 Å². The average Bonchev–Trinajstić information content (AvgIpc) is 3.00. The fourth-order valence-electron chi connectivity index (χ4n) is 2.45. The predicted molar refractivity (Wildman–Crippen MR) is 73.4 cm³/mol. The smallest absolute Gasteiger partial charge is 0.224 e. The fourth-order valence-corrected chi connectivity index (χ4v) is 2.45. The van der Waals surface area contributed by atoms with Crippen molar-refractivity contribution in [3.05, 3.63) is 23.8 Å². The Bertz CT molecular complexity index is 464. The van der Waals surface area contributed by atoms with Crippen LogP contribution in [0.4, 0.5) is 0 Å². The summed E-state index contributed by atoms with van der Waals surface area (Å²) in [6.07, 6.45) is 8.62. The molecule has 1 N–H and O–H groups in total. The van der Waals surface area contributed by atoms with Gasteiger partial charge >= 0.3 is 0 Å². The van der Waals surface area contributed by atoms with Crippen LogP contribution in [0.5, 0.6) is 0 Å². The Morgan fingerprint density at radius 1 is 1.58 bits per heavy atom. The zero-order valence-corrected chi connectivity index (χ0v) is 11.7. The van der Waals surface area contributed by atoms with Crippen molar-refractivity contribution < 1.29 is 4.79 Å². The SMILES string of the molecule is CCCn1ncnc1C(C)NC(=O)CC1=CCCC1. The second-order valence-electron chi connectivity index (χ2n) is 5.06. The number of allylic oxidation sites excluding steroid dienone is 1. The first-order chi connectivity index (χ1) is 9.20. The third kappa shape index (κ3) is 3.66. The lowest BCUT2D eigenvalue weighted by Gasteiger charge is -2.14. The Hall–Kier alpha value is -1.65. The van der Waals surface area contributed by atoms with Crippen LogP contribution in [0.2, 0.25) is 0 Å². The summed E-state index contributed by atoms with van der Waals surface area (Å²) in [6, 6.07) is -0.0939. The van der Waals surface area contributed by atoms with E-state index in [1.54, 1.807) is 6.33 Å². The van der Waals surface area contributed by atoms with Gasteiger partial charge in [0, 0.05) is 13.0 Å². The molecule has 5 heteroatoms. The molecule has 0 radical (unpaired) electrons. The predicted octanol–water partition coefficient (Wildman–Crippen LogP) is 2.37. The quantitative estimate of drug-likeness (QED) is 0.801. The van der Waals surface area contributed by atoms with Gasteiger partial charge in [-0.3, -0.25) is 4.79 Å². The lowest BCUT2D eigenvalue weighted by atomic mass is 10.1. The molecule has 0 aromatic carbocycles. The number of carbonyl (C=O) groups excluding carboxylic acids is 1. The van der Waals surface area contributed by atoms with E-state index in [2.05, 4.69) is 28.4 Å². The van der Waals surface area contributed by atoms with Gasteiger partial charge in [-0.15, -0.1) is 0 Å². The van der Waals surface area contributed by atoms with Crippen molar-refractivity contribution in [1.29, 1.82) is 0 Å². The molecule has 0 spiro atoms. The summed E-state index contributed by atoms with van der Waals surface area (Å²) in [6.45, 7) is 4.89. The minimum absolute atomic E-state index is 0.0756. The molecular weight excluding hydrogens is 240 g/mol. The number of nitrogens with one attached hydrogen (secondary N) is 1. The molecule has 1 aromatic heterocycles. The zero-order valence-electron chi connectivity index (χ0n) is 11.7. The first-order valence-corrected chi connectivity index (χ1v) is 7.05. The third-order valence-electron chi connectivity index (χ3n) is 3.37. The molecule has 1 aromatic rings. The van der Waals surface area contributed by atoms with Gasteiger partial charge in [-0.1, -0.05) is 18.6 Å². The van der Waals surface area contributed by atoms with Crippen molar-refractivity contribution in [3.8, 4) is 0 Å². The lowest BCUT2D eigenvalue weighted by molar-refractivity contribution is -0.121. The molecule has 1 aliphatic carbocycles. The van der Waals surface area contributed by atoms with Gasteiger partial charge in [0.1, 0.15) is 12.2 Å². The van der Waals surface area contributed by atoms with Crippen LogP contribution < -0.4 is 5.32 Å². The first-order valence-electron chi connectivity index (χ1n) is 7.05. The molecule has 0 saturated carbocycles. The molecule has 1 aliphatic rings. The third-order valence-corrected chi connectivity index (χ3v) is 3.37. The van der Waals surface area contributed by atoms with Crippen molar-refractivity contribution in [2.45, 2.75) is 58.5 Å². The molecule has 19 heavy (non-hydrogen) atoms. The van der Waals surface area contributed by atoms with Crippen LogP contribution in [0, 0.1) is 0 Å². The van der Waals surface area contributed by atoms with E-state index in [4.69, 9.17) is 0 Å². The Balaban J connectivity index is 1.90. The van der Waals surface area contributed by atoms with Crippen LogP contribution in [0.15, 0.2) is 18.0 Å². The van der Waals surface area contributed by atoms with E-state index in [9.17, 15) is 4.79 Å². The van der Waals surface area contributed by atoms with E-state index in [1.807, 2.05) is 11.6 Å². The van der Waals surface area contributed by atoms with Crippen molar-refractivity contribution in [3.63, 3.8) is 0 Å². The van der Waals surface area contributed by atoms with Crippen LogP contribution >= 0.6 is 0 Å². The maximum Gasteiger partial charge on any atom is 0.224 e. The number of aryl methyl sites for hydroxylation is 1. The van der Waals surface area contributed by atoms with E-state index in [0.29, 0.717) is 6.42 Å². The van der Waals surface area contributed by atoms with E-state index in [-0.39, 0.29) is 11.9 Å². The van der Waals surface area contributed by atoms with Crippen molar-refractivity contribution >= 4 is 5.91 Å². The van der Waals surface area contributed by atoms with Crippen LogP contribution in [-0.2, 0) is 11.3 Å². The number of hydrogen-bond acceptors (Lipinski definition) is 3. The maximum absolute atomic E-state index is 12.0. The molecule has 0 bridgehead atoms. The van der Waals surface area contributed by atoms with Gasteiger partial charge in [-0.05, 0) is 32.6 Å². The van der Waals surface area contributed by atoms with Gasteiger partial charge in [-0.2, -0.15) is 5.10 Å². The highest BCUT2D eigenvalue weighted by atomic mass is 16.1. The van der Waals surface area contributed by atoms with Crippen LogP contribution in [0.3, 0.4) is 0 Å². The Morgan fingerprint density at radius 2 is 2.42 bits per heavy atom. The molecule has 1 unspecified atom stereocenters. The van der Waals surface area contributed by atoms with Crippen LogP contribution in [0.25, 0.3) is 0 Å². The highest BCUT2D eigenvalue weighted by Gasteiger charge is 2.16. The zero-order chi connectivity index (χ0) is 13.7. The van der Waals surface area contributed by atoms with Gasteiger partial charge in [0.25, 0.3) is 0 Å². The van der Waals surface area contributed by atoms with Gasteiger partial charge in [-0.25, -0.2) is 9.67 Å². The Labute approximate surface area is 114 Å². The molecule has 1 atom stereocenters. The van der Waals surface area contributed by atoms with Gasteiger partial charge < -0.3 is 5.32 Å². The molecule has 1 amide bonds.